The van der Waals surface area contributed by atoms with Gasteiger partial charge in [0.1, 0.15) is 5.78 Å². The number of thioether (sulfide) groups is 1. The lowest BCUT2D eigenvalue weighted by Crippen LogP contribution is -2.01. The smallest absolute Gasteiger partial charge is 0.300 e. The van der Waals surface area contributed by atoms with E-state index in [1.807, 2.05) is 0 Å². The van der Waals surface area contributed by atoms with Gasteiger partial charge in [-0.2, -0.15) is 13.2 Å². The normalized spacial score (nSPS) is 11.6. The summed E-state index contributed by atoms with van der Waals surface area (Å²) in [6, 6.07) is 4.40. The maximum atomic E-state index is 12.2. The predicted molar refractivity (Wildman–Crippen MR) is 62.3 cm³/mol. The first-order valence-corrected chi connectivity index (χ1v) is 6.09. The number of alkyl halides is 4. The van der Waals surface area contributed by atoms with Gasteiger partial charge in [0.15, 0.2) is 0 Å². The largest absolute Gasteiger partial charge is 0.446 e. The van der Waals surface area contributed by atoms with Gasteiger partial charge in [-0.3, -0.25) is 4.79 Å². The number of ketones is 1. The summed E-state index contributed by atoms with van der Waals surface area (Å²) < 4.78 is 36.7. The highest BCUT2D eigenvalue weighted by Crippen LogP contribution is 2.37. The lowest BCUT2D eigenvalue weighted by Gasteiger charge is -2.09. The van der Waals surface area contributed by atoms with E-state index < -0.39 is 5.51 Å². The number of hydrogen-bond donors (Lipinski definition) is 0. The van der Waals surface area contributed by atoms with Crippen molar-refractivity contribution in [1.29, 1.82) is 0 Å². The number of hydrogen-bond acceptors (Lipinski definition) is 2. The van der Waals surface area contributed by atoms with E-state index in [0.29, 0.717) is 11.1 Å². The first kappa shape index (κ1) is 14.4. The molecule has 0 aliphatic rings. The molecule has 0 unspecified atom stereocenters. The zero-order valence-corrected chi connectivity index (χ0v) is 10.5. The Bertz CT molecular complexity index is 418. The van der Waals surface area contributed by atoms with Crippen molar-refractivity contribution in [3.8, 4) is 0 Å². The summed E-state index contributed by atoms with van der Waals surface area (Å²) in [5.74, 6) is 0.0247. The summed E-state index contributed by atoms with van der Waals surface area (Å²) in [5, 5.41) is 0. The molecule has 0 aliphatic heterocycles. The molecule has 0 atom stereocenters. The molecule has 1 rings (SSSR count). The Kier molecular flexibility index (Phi) is 4.89. The lowest BCUT2D eigenvalue weighted by atomic mass is 10.1. The molecule has 0 saturated carbocycles. The SMILES string of the molecule is CC(=O)Cc1cc(CCl)cc(SC(F)(F)F)c1. The number of Topliss-reactive ketones (excluding diaryl/α,β-unsaturated/α-hetero) is 1. The Balaban J connectivity index is 3.00. The maximum Gasteiger partial charge on any atom is 0.446 e. The highest BCUT2D eigenvalue weighted by molar-refractivity contribution is 8.00. The average molecular weight is 283 g/mol. The molecule has 0 N–H and O–H groups in total. The number of carbonyl (C=O) groups is 1. The van der Waals surface area contributed by atoms with Gasteiger partial charge in [-0.1, -0.05) is 6.07 Å². The van der Waals surface area contributed by atoms with E-state index in [4.69, 9.17) is 11.6 Å². The molecule has 0 spiro atoms. The minimum Gasteiger partial charge on any atom is -0.300 e. The first-order valence-electron chi connectivity index (χ1n) is 4.74. The quantitative estimate of drug-likeness (QED) is 0.609. The first-order chi connectivity index (χ1) is 7.80. The molecule has 0 heterocycles. The minimum atomic E-state index is -4.33. The second-order valence-corrected chi connectivity index (χ2v) is 4.95. The van der Waals surface area contributed by atoms with Crippen LogP contribution < -0.4 is 0 Å². The molecule has 0 amide bonds. The summed E-state index contributed by atoms with van der Waals surface area (Å²) >= 11 is 5.40. The molecule has 6 heteroatoms. The molecular weight excluding hydrogens is 273 g/mol. The standard InChI is InChI=1S/C11H10ClF3OS/c1-7(16)2-8-3-9(6-12)5-10(4-8)17-11(13,14)15/h3-5H,2,6H2,1H3. The third-order valence-corrected chi connectivity index (χ3v) is 2.88. The number of halogens is 4. The minimum absolute atomic E-state index is 0.0619. The molecule has 1 nitrogen and oxygen atoms in total. The summed E-state index contributed by atoms with van der Waals surface area (Å²) in [5.41, 5.74) is -3.20. The molecule has 1 aromatic rings. The van der Waals surface area contributed by atoms with Crippen molar-refractivity contribution < 1.29 is 18.0 Å². The van der Waals surface area contributed by atoms with Gasteiger partial charge in [0.05, 0.1) is 0 Å². The van der Waals surface area contributed by atoms with Crippen LogP contribution in [0.1, 0.15) is 18.1 Å². The summed E-state index contributed by atoms with van der Waals surface area (Å²) in [6.07, 6.45) is 0.121. The second-order valence-electron chi connectivity index (χ2n) is 3.55. The van der Waals surface area contributed by atoms with Crippen LogP contribution in [0, 0.1) is 0 Å². The van der Waals surface area contributed by atoms with Gasteiger partial charge < -0.3 is 0 Å². The van der Waals surface area contributed by atoms with Crippen LogP contribution in [0.3, 0.4) is 0 Å². The molecular formula is C11H10ClF3OS. The van der Waals surface area contributed by atoms with Crippen molar-refractivity contribution in [3.05, 3.63) is 29.3 Å². The summed E-state index contributed by atoms with van der Waals surface area (Å²) in [7, 11) is 0. The van der Waals surface area contributed by atoms with Crippen LogP contribution in [-0.4, -0.2) is 11.3 Å². The van der Waals surface area contributed by atoms with Crippen LogP contribution in [-0.2, 0) is 17.1 Å². The van der Waals surface area contributed by atoms with Crippen molar-refractivity contribution in [2.24, 2.45) is 0 Å². The topological polar surface area (TPSA) is 17.1 Å². The van der Waals surface area contributed by atoms with Crippen LogP contribution in [0.5, 0.6) is 0 Å². The lowest BCUT2D eigenvalue weighted by molar-refractivity contribution is -0.116. The second kappa shape index (κ2) is 5.78. The molecule has 94 valence electrons. The Morgan fingerprint density at radius 1 is 1.29 bits per heavy atom. The Morgan fingerprint density at radius 2 is 1.88 bits per heavy atom. The number of benzene rings is 1. The molecule has 1 aromatic carbocycles. The van der Waals surface area contributed by atoms with E-state index in [1.54, 1.807) is 6.07 Å². The highest BCUT2D eigenvalue weighted by atomic mass is 35.5. The number of carbonyl (C=O) groups excluding carboxylic acids is 1. The summed E-state index contributed by atoms with van der Waals surface area (Å²) in [4.78, 5) is 11.0. The van der Waals surface area contributed by atoms with Crippen molar-refractivity contribution in [1.82, 2.24) is 0 Å². The molecule has 0 bridgehead atoms. The number of rotatable bonds is 4. The van der Waals surface area contributed by atoms with Gasteiger partial charge >= 0.3 is 5.51 Å². The third-order valence-electron chi connectivity index (χ3n) is 1.87. The fourth-order valence-corrected chi connectivity index (χ4v) is 2.23. The van der Waals surface area contributed by atoms with Crippen molar-refractivity contribution in [2.75, 3.05) is 0 Å². The molecule has 0 saturated heterocycles. The van der Waals surface area contributed by atoms with Crippen LogP contribution in [0.25, 0.3) is 0 Å². The average Bonchev–Trinajstić information content (AvgIpc) is 2.13. The molecule has 17 heavy (non-hydrogen) atoms. The van der Waals surface area contributed by atoms with Gasteiger partial charge in [0, 0.05) is 17.2 Å². The molecule has 0 aromatic heterocycles. The van der Waals surface area contributed by atoms with Crippen LogP contribution in [0.15, 0.2) is 23.1 Å². The maximum absolute atomic E-state index is 12.2. The monoisotopic (exact) mass is 282 g/mol. The van der Waals surface area contributed by atoms with Gasteiger partial charge in [0.2, 0.25) is 0 Å². The van der Waals surface area contributed by atoms with Crippen LogP contribution >= 0.6 is 23.4 Å². The van der Waals surface area contributed by atoms with E-state index in [0.717, 1.165) is 0 Å². The van der Waals surface area contributed by atoms with E-state index >= 15 is 0 Å². The zero-order valence-electron chi connectivity index (χ0n) is 8.97. The molecule has 0 radical (unpaired) electrons. The Hall–Kier alpha value is -0.680. The van der Waals surface area contributed by atoms with Crippen molar-refractivity contribution in [3.63, 3.8) is 0 Å². The fraction of sp³-hybridized carbons (Fsp3) is 0.364. The van der Waals surface area contributed by atoms with E-state index in [1.165, 1.54) is 19.1 Å². The van der Waals surface area contributed by atoms with E-state index in [-0.39, 0.29) is 34.7 Å². The van der Waals surface area contributed by atoms with E-state index in [9.17, 15) is 18.0 Å². The molecule has 0 aliphatic carbocycles. The van der Waals surface area contributed by atoms with Gasteiger partial charge in [0.25, 0.3) is 0 Å². The fourth-order valence-electron chi connectivity index (χ4n) is 1.39. The zero-order chi connectivity index (χ0) is 13.1. The van der Waals surface area contributed by atoms with Gasteiger partial charge in [-0.25, -0.2) is 0 Å². The highest BCUT2D eigenvalue weighted by Gasteiger charge is 2.29. The van der Waals surface area contributed by atoms with Crippen LogP contribution in [0.4, 0.5) is 13.2 Å². The van der Waals surface area contributed by atoms with Crippen molar-refractivity contribution >= 4 is 29.1 Å². The van der Waals surface area contributed by atoms with Crippen LogP contribution in [0.2, 0.25) is 0 Å². The van der Waals surface area contributed by atoms with E-state index in [2.05, 4.69) is 0 Å². The van der Waals surface area contributed by atoms with Crippen molar-refractivity contribution in [2.45, 2.75) is 29.6 Å². The third kappa shape index (κ3) is 5.46. The molecule has 0 fully saturated rings. The predicted octanol–water partition coefficient (Wildman–Crippen LogP) is 4.17. The Labute approximate surface area is 106 Å². The van der Waals surface area contributed by atoms with Gasteiger partial charge in [-0.05, 0) is 41.9 Å². The Morgan fingerprint density at radius 3 is 2.35 bits per heavy atom. The van der Waals surface area contributed by atoms with Gasteiger partial charge in [-0.15, -0.1) is 11.6 Å². The summed E-state index contributed by atoms with van der Waals surface area (Å²) in [6.45, 7) is 1.39.